The van der Waals surface area contributed by atoms with Crippen LogP contribution < -0.4 is 10.6 Å². The summed E-state index contributed by atoms with van der Waals surface area (Å²) >= 11 is 0. The summed E-state index contributed by atoms with van der Waals surface area (Å²) in [4.78, 5) is 5.19. The van der Waals surface area contributed by atoms with E-state index in [1.54, 1.807) is 0 Å². The van der Waals surface area contributed by atoms with Crippen molar-refractivity contribution < 1.29 is 0 Å². The highest BCUT2D eigenvalue weighted by Crippen LogP contribution is 2.29. The van der Waals surface area contributed by atoms with Gasteiger partial charge in [-0.25, -0.2) is 0 Å². The smallest absolute Gasteiger partial charge is 0.0367 e. The van der Waals surface area contributed by atoms with Gasteiger partial charge in [-0.1, -0.05) is 18.2 Å². The molecule has 0 spiro atoms. The lowest BCUT2D eigenvalue weighted by molar-refractivity contribution is 0.175. The van der Waals surface area contributed by atoms with Gasteiger partial charge in [0.1, 0.15) is 0 Å². The summed E-state index contributed by atoms with van der Waals surface area (Å²) in [6, 6.07) is 10.8. The lowest BCUT2D eigenvalue weighted by Gasteiger charge is -2.39. The largest absolute Gasteiger partial charge is 0.369 e. The molecule has 1 aromatic carbocycles. The number of piperazine rings is 1. The molecule has 1 heterocycles. The fraction of sp³-hybridized carbons (Fsp3) is 0.667. The maximum Gasteiger partial charge on any atom is 0.0367 e. The summed E-state index contributed by atoms with van der Waals surface area (Å²) in [5, 5.41) is 0. The van der Waals surface area contributed by atoms with Crippen LogP contribution in [0.25, 0.3) is 0 Å². The molecular weight excluding hydrogens is 258 g/mol. The Hall–Kier alpha value is -1.06. The molecule has 116 valence electrons. The van der Waals surface area contributed by atoms with Crippen LogP contribution in [0, 0.1) is 11.8 Å². The Morgan fingerprint density at radius 1 is 0.857 bits per heavy atom. The monoisotopic (exact) mass is 287 g/mol. The van der Waals surface area contributed by atoms with Crippen LogP contribution >= 0.6 is 0 Å². The van der Waals surface area contributed by atoms with Crippen LogP contribution in [-0.2, 0) is 0 Å². The predicted octanol–water partition coefficient (Wildman–Crippen LogP) is 2.57. The molecule has 2 aliphatic rings. The standard InChI is InChI=1S/C18H29N3/c19-14-16-6-8-17(9-7-16)15-20-10-12-21(13-11-20)18-4-2-1-3-5-18/h1-5,16-17H,6-15,19H2. The van der Waals surface area contributed by atoms with Crippen molar-refractivity contribution in [3.05, 3.63) is 30.3 Å². The van der Waals surface area contributed by atoms with E-state index in [9.17, 15) is 0 Å². The molecular formula is C18H29N3. The molecule has 3 rings (SSSR count). The molecule has 1 saturated carbocycles. The summed E-state index contributed by atoms with van der Waals surface area (Å²) in [6.45, 7) is 6.96. The van der Waals surface area contributed by atoms with E-state index in [1.165, 1.54) is 64.1 Å². The Labute approximate surface area is 129 Å². The molecule has 3 heteroatoms. The Morgan fingerprint density at radius 3 is 2.10 bits per heavy atom. The van der Waals surface area contributed by atoms with Crippen LogP contribution in [0.15, 0.2) is 30.3 Å². The zero-order valence-corrected chi connectivity index (χ0v) is 13.1. The lowest BCUT2D eigenvalue weighted by Crippen LogP contribution is -2.48. The summed E-state index contributed by atoms with van der Waals surface area (Å²) in [5.41, 5.74) is 7.16. The van der Waals surface area contributed by atoms with Crippen LogP contribution in [0.1, 0.15) is 25.7 Å². The van der Waals surface area contributed by atoms with Crippen molar-refractivity contribution >= 4 is 5.69 Å². The average molecular weight is 287 g/mol. The van der Waals surface area contributed by atoms with E-state index in [0.717, 1.165) is 18.4 Å². The summed E-state index contributed by atoms with van der Waals surface area (Å²) < 4.78 is 0. The molecule has 0 atom stereocenters. The number of nitrogens with zero attached hydrogens (tertiary/aromatic N) is 2. The van der Waals surface area contributed by atoms with E-state index in [1.807, 2.05) is 0 Å². The molecule has 1 aromatic rings. The number of hydrogen-bond acceptors (Lipinski definition) is 3. The van der Waals surface area contributed by atoms with Crippen molar-refractivity contribution in [1.29, 1.82) is 0 Å². The summed E-state index contributed by atoms with van der Waals surface area (Å²) in [7, 11) is 0. The van der Waals surface area contributed by atoms with Crippen molar-refractivity contribution in [3.8, 4) is 0 Å². The van der Waals surface area contributed by atoms with Crippen LogP contribution in [0.4, 0.5) is 5.69 Å². The molecule has 0 bridgehead atoms. The van der Waals surface area contributed by atoms with E-state index in [4.69, 9.17) is 5.73 Å². The first kappa shape index (κ1) is 14.9. The third-order valence-electron chi connectivity index (χ3n) is 5.31. The van der Waals surface area contributed by atoms with E-state index in [-0.39, 0.29) is 0 Å². The van der Waals surface area contributed by atoms with E-state index in [2.05, 4.69) is 40.1 Å². The Kier molecular flexibility index (Phi) is 5.15. The molecule has 0 amide bonds. The number of hydrogen-bond donors (Lipinski definition) is 1. The molecule has 0 aromatic heterocycles. The summed E-state index contributed by atoms with van der Waals surface area (Å²) in [6.07, 6.45) is 5.48. The SMILES string of the molecule is NCC1CCC(CN2CCN(c3ccccc3)CC2)CC1. The first-order valence-electron chi connectivity index (χ1n) is 8.57. The maximum atomic E-state index is 5.79. The third kappa shape index (κ3) is 3.98. The minimum atomic E-state index is 0.802. The predicted molar refractivity (Wildman–Crippen MR) is 89.6 cm³/mol. The van der Waals surface area contributed by atoms with Crippen molar-refractivity contribution in [2.45, 2.75) is 25.7 Å². The quantitative estimate of drug-likeness (QED) is 0.924. The zero-order chi connectivity index (χ0) is 14.5. The number of anilines is 1. The third-order valence-corrected chi connectivity index (χ3v) is 5.31. The van der Waals surface area contributed by atoms with E-state index < -0.39 is 0 Å². The van der Waals surface area contributed by atoms with Crippen molar-refractivity contribution in [2.24, 2.45) is 17.6 Å². The molecule has 2 fully saturated rings. The Bertz CT molecular complexity index is 404. The van der Waals surface area contributed by atoms with Crippen LogP contribution in [0.3, 0.4) is 0 Å². The molecule has 2 N–H and O–H groups in total. The van der Waals surface area contributed by atoms with Gasteiger partial charge in [0.2, 0.25) is 0 Å². The normalized spacial score (nSPS) is 27.8. The number of benzene rings is 1. The van der Waals surface area contributed by atoms with Crippen molar-refractivity contribution in [3.63, 3.8) is 0 Å². The number of nitrogens with two attached hydrogens (primary N) is 1. The zero-order valence-electron chi connectivity index (χ0n) is 13.1. The topological polar surface area (TPSA) is 32.5 Å². The molecule has 0 radical (unpaired) electrons. The van der Waals surface area contributed by atoms with Crippen molar-refractivity contribution in [2.75, 3.05) is 44.2 Å². The first-order valence-corrected chi connectivity index (χ1v) is 8.57. The highest BCUT2D eigenvalue weighted by molar-refractivity contribution is 5.46. The van der Waals surface area contributed by atoms with E-state index >= 15 is 0 Å². The molecule has 21 heavy (non-hydrogen) atoms. The van der Waals surface area contributed by atoms with Crippen LogP contribution in [-0.4, -0.2) is 44.2 Å². The second-order valence-electron chi connectivity index (χ2n) is 6.75. The van der Waals surface area contributed by atoms with Gasteiger partial charge in [-0.05, 0) is 56.2 Å². The van der Waals surface area contributed by atoms with Crippen LogP contribution in [0.5, 0.6) is 0 Å². The van der Waals surface area contributed by atoms with Gasteiger partial charge in [0.15, 0.2) is 0 Å². The molecule has 1 saturated heterocycles. The van der Waals surface area contributed by atoms with Gasteiger partial charge in [-0.2, -0.15) is 0 Å². The van der Waals surface area contributed by atoms with Gasteiger partial charge >= 0.3 is 0 Å². The molecule has 1 aliphatic carbocycles. The van der Waals surface area contributed by atoms with E-state index in [0.29, 0.717) is 0 Å². The minimum Gasteiger partial charge on any atom is -0.369 e. The maximum absolute atomic E-state index is 5.79. The van der Waals surface area contributed by atoms with Gasteiger partial charge < -0.3 is 10.6 Å². The minimum absolute atomic E-state index is 0.802. The van der Waals surface area contributed by atoms with Crippen LogP contribution in [0.2, 0.25) is 0 Å². The fourth-order valence-electron chi connectivity index (χ4n) is 3.84. The molecule has 1 aliphatic heterocycles. The van der Waals surface area contributed by atoms with Gasteiger partial charge in [0.25, 0.3) is 0 Å². The fourth-order valence-corrected chi connectivity index (χ4v) is 3.84. The molecule has 3 nitrogen and oxygen atoms in total. The highest BCUT2D eigenvalue weighted by Gasteiger charge is 2.24. The Morgan fingerprint density at radius 2 is 1.48 bits per heavy atom. The number of rotatable bonds is 4. The summed E-state index contributed by atoms with van der Waals surface area (Å²) in [5.74, 6) is 1.72. The van der Waals surface area contributed by atoms with Crippen molar-refractivity contribution in [1.82, 2.24) is 4.90 Å². The Balaban J connectivity index is 1.42. The van der Waals surface area contributed by atoms with Gasteiger partial charge in [-0.3, -0.25) is 4.90 Å². The lowest BCUT2D eigenvalue weighted by atomic mass is 9.82. The number of para-hydroxylation sites is 1. The second-order valence-corrected chi connectivity index (χ2v) is 6.75. The average Bonchev–Trinajstić information content (AvgIpc) is 2.57. The highest BCUT2D eigenvalue weighted by atomic mass is 15.3. The van der Waals surface area contributed by atoms with Gasteiger partial charge in [-0.15, -0.1) is 0 Å². The second kappa shape index (κ2) is 7.28. The first-order chi connectivity index (χ1) is 10.3. The van der Waals surface area contributed by atoms with Gasteiger partial charge in [0.05, 0.1) is 0 Å². The van der Waals surface area contributed by atoms with Gasteiger partial charge in [0, 0.05) is 38.4 Å². The molecule has 0 unspecified atom stereocenters.